The molecular weight excluding hydrogens is 426 g/mol. The molecule has 0 spiro atoms. The maximum absolute atomic E-state index is 13.1. The van der Waals surface area contributed by atoms with Gasteiger partial charge < -0.3 is 0 Å². The minimum atomic E-state index is -0.522. The van der Waals surface area contributed by atoms with Crippen molar-refractivity contribution < 1.29 is 9.72 Å². The monoisotopic (exact) mass is 443 g/mol. The summed E-state index contributed by atoms with van der Waals surface area (Å²) in [6.07, 6.45) is 4.07. The zero-order valence-electron chi connectivity index (χ0n) is 17.0. The van der Waals surface area contributed by atoms with E-state index in [2.05, 4.69) is 40.7 Å². The second kappa shape index (κ2) is 9.87. The minimum absolute atomic E-state index is 0.0384. The summed E-state index contributed by atoms with van der Waals surface area (Å²) in [5.41, 5.74) is 1.61. The van der Waals surface area contributed by atoms with Gasteiger partial charge in [-0.3, -0.25) is 20.2 Å². The van der Waals surface area contributed by atoms with Crippen LogP contribution in [0.15, 0.2) is 77.8 Å². The largest absolute Gasteiger partial charge is 0.291 e. The maximum atomic E-state index is 13.1. The lowest BCUT2D eigenvalue weighted by atomic mass is 9.99. The van der Waals surface area contributed by atoms with Crippen LogP contribution in [0, 0.1) is 10.1 Å². The molecule has 0 saturated heterocycles. The Kier molecular flexibility index (Phi) is 6.35. The number of para-hydroxylation sites is 1. The fraction of sp³-hybridized carbons (Fsp3) is 0.0476. The summed E-state index contributed by atoms with van der Waals surface area (Å²) in [6, 6.07) is 15.4. The molecule has 0 saturated carbocycles. The molecule has 0 unspecified atom stereocenters. The number of hydrogen-bond donors (Lipinski definition) is 3. The average Bonchev–Trinajstić information content (AvgIpc) is 3.53. The van der Waals surface area contributed by atoms with Crippen molar-refractivity contribution in [2.75, 3.05) is 5.32 Å². The number of nitro groups is 1. The van der Waals surface area contributed by atoms with Crippen LogP contribution in [-0.4, -0.2) is 46.9 Å². The molecule has 0 aliphatic carbocycles. The molecule has 164 valence electrons. The Balaban J connectivity index is 1.78. The van der Waals surface area contributed by atoms with Crippen LogP contribution in [0.4, 0.5) is 17.6 Å². The van der Waals surface area contributed by atoms with Gasteiger partial charge in [0.1, 0.15) is 12.7 Å². The Labute approximate surface area is 186 Å². The normalized spacial score (nSPS) is 11.9. The lowest BCUT2D eigenvalue weighted by molar-refractivity contribution is -0.385. The second-order valence-corrected chi connectivity index (χ2v) is 6.68. The van der Waals surface area contributed by atoms with Gasteiger partial charge in [-0.2, -0.15) is 20.2 Å². The predicted molar refractivity (Wildman–Crippen MR) is 120 cm³/mol. The Hall–Kier alpha value is -5.00. The fourth-order valence-electron chi connectivity index (χ4n) is 3.01. The van der Waals surface area contributed by atoms with E-state index < -0.39 is 10.8 Å². The summed E-state index contributed by atoms with van der Waals surface area (Å²) in [4.78, 5) is 36.6. The average molecular weight is 443 g/mol. The predicted octanol–water partition coefficient (Wildman–Crippen LogP) is 3.06. The van der Waals surface area contributed by atoms with E-state index in [0.29, 0.717) is 5.71 Å². The molecule has 0 aliphatic rings. The summed E-state index contributed by atoms with van der Waals surface area (Å²) in [5, 5.41) is 26.8. The smallest absolute Gasteiger partial charge is 0.276 e. The first-order valence-corrected chi connectivity index (χ1v) is 9.69. The summed E-state index contributed by atoms with van der Waals surface area (Å²) in [6.45, 7) is 0. The van der Waals surface area contributed by atoms with Gasteiger partial charge in [0.25, 0.3) is 11.6 Å². The van der Waals surface area contributed by atoms with Gasteiger partial charge in [0.05, 0.1) is 16.2 Å². The number of aromatic nitrogens is 6. The first-order valence-electron chi connectivity index (χ1n) is 9.69. The topological polar surface area (TPSA) is 168 Å². The first-order chi connectivity index (χ1) is 16.1. The van der Waals surface area contributed by atoms with Crippen molar-refractivity contribution in [1.82, 2.24) is 30.4 Å². The molecule has 2 aromatic carbocycles. The summed E-state index contributed by atoms with van der Waals surface area (Å²) in [7, 11) is 0. The van der Waals surface area contributed by atoms with Gasteiger partial charge in [0, 0.05) is 18.1 Å². The number of aromatic amines is 2. The minimum Gasteiger partial charge on any atom is -0.291 e. The van der Waals surface area contributed by atoms with E-state index in [1.807, 2.05) is 30.3 Å². The van der Waals surface area contributed by atoms with Crippen molar-refractivity contribution >= 4 is 35.3 Å². The summed E-state index contributed by atoms with van der Waals surface area (Å²) >= 11 is 0. The molecule has 12 heteroatoms. The second-order valence-electron chi connectivity index (χ2n) is 6.68. The number of nitrogens with one attached hydrogen (secondary N) is 3. The van der Waals surface area contributed by atoms with E-state index in [0.717, 1.165) is 5.56 Å². The van der Waals surface area contributed by atoms with Crippen molar-refractivity contribution in [2.45, 2.75) is 6.42 Å². The molecule has 2 aromatic heterocycles. The fourth-order valence-corrected chi connectivity index (χ4v) is 3.01. The molecule has 1 amide bonds. The molecule has 0 radical (unpaired) electrons. The molecule has 3 N–H and O–H groups in total. The highest BCUT2D eigenvalue weighted by Gasteiger charge is 2.19. The number of nitro benzene ring substituents is 1. The number of hydrogen-bond acceptors (Lipinski definition) is 8. The van der Waals surface area contributed by atoms with Crippen LogP contribution in [-0.2, 0) is 4.79 Å². The zero-order chi connectivity index (χ0) is 23.0. The van der Waals surface area contributed by atoms with Crippen LogP contribution in [0.25, 0.3) is 6.08 Å². The van der Waals surface area contributed by atoms with Gasteiger partial charge in [0.2, 0.25) is 11.9 Å². The van der Waals surface area contributed by atoms with E-state index in [1.165, 1.54) is 24.8 Å². The molecule has 0 fully saturated rings. The first kappa shape index (κ1) is 21.2. The van der Waals surface area contributed by atoms with Gasteiger partial charge in [-0.05, 0) is 17.7 Å². The number of anilines is 1. The highest BCUT2D eigenvalue weighted by atomic mass is 16.6. The molecule has 4 aromatic rings. The van der Waals surface area contributed by atoms with Crippen LogP contribution < -0.4 is 5.32 Å². The third-order valence-electron chi connectivity index (χ3n) is 4.51. The van der Waals surface area contributed by atoms with Gasteiger partial charge >= 0.3 is 0 Å². The van der Waals surface area contributed by atoms with Gasteiger partial charge in [0.15, 0.2) is 0 Å². The summed E-state index contributed by atoms with van der Waals surface area (Å²) < 4.78 is 0. The van der Waals surface area contributed by atoms with E-state index in [1.54, 1.807) is 18.2 Å². The number of H-pyrrole nitrogens is 2. The molecule has 0 atom stereocenters. The Morgan fingerprint density at radius 2 is 1.76 bits per heavy atom. The van der Waals surface area contributed by atoms with Crippen LogP contribution in [0.3, 0.4) is 0 Å². The zero-order valence-corrected chi connectivity index (χ0v) is 17.0. The highest BCUT2D eigenvalue weighted by molar-refractivity contribution is 6.13. The van der Waals surface area contributed by atoms with Gasteiger partial charge in [-0.15, -0.1) is 0 Å². The SMILES string of the molecule is O=C(Nc1ncn[nH]1)/C(=C\c1ccccc1[N+](=O)[O-])C/C(=N\c1ncn[nH]1)c1ccccc1. The van der Waals surface area contributed by atoms with Crippen LogP contribution in [0.1, 0.15) is 17.5 Å². The van der Waals surface area contributed by atoms with Gasteiger partial charge in [-0.1, -0.05) is 42.5 Å². The van der Waals surface area contributed by atoms with Crippen molar-refractivity contribution in [3.05, 3.63) is 94.1 Å². The lowest BCUT2D eigenvalue weighted by Gasteiger charge is -2.11. The molecule has 12 nitrogen and oxygen atoms in total. The molecule has 0 bridgehead atoms. The quantitative estimate of drug-likeness (QED) is 0.163. The van der Waals surface area contributed by atoms with Crippen LogP contribution in [0.2, 0.25) is 0 Å². The maximum Gasteiger partial charge on any atom is 0.276 e. The van der Waals surface area contributed by atoms with E-state index in [4.69, 9.17) is 0 Å². The van der Waals surface area contributed by atoms with Crippen molar-refractivity contribution in [2.24, 2.45) is 4.99 Å². The van der Waals surface area contributed by atoms with Crippen LogP contribution >= 0.6 is 0 Å². The van der Waals surface area contributed by atoms with E-state index >= 15 is 0 Å². The number of amides is 1. The Morgan fingerprint density at radius 3 is 2.45 bits per heavy atom. The number of benzene rings is 2. The number of rotatable bonds is 8. The Morgan fingerprint density at radius 1 is 1.03 bits per heavy atom. The third kappa shape index (κ3) is 5.38. The molecule has 2 heterocycles. The van der Waals surface area contributed by atoms with E-state index in [9.17, 15) is 14.9 Å². The number of aliphatic imine (C=N–C) groups is 1. The van der Waals surface area contributed by atoms with Crippen LogP contribution in [0.5, 0.6) is 0 Å². The van der Waals surface area contributed by atoms with E-state index in [-0.39, 0.29) is 35.1 Å². The number of carbonyl (C=O) groups is 1. The molecule has 4 rings (SSSR count). The summed E-state index contributed by atoms with van der Waals surface area (Å²) in [5.74, 6) is -0.123. The van der Waals surface area contributed by atoms with Crippen molar-refractivity contribution in [1.29, 1.82) is 0 Å². The molecule has 33 heavy (non-hydrogen) atoms. The number of carbonyl (C=O) groups excluding carboxylic acids is 1. The van der Waals surface area contributed by atoms with Gasteiger partial charge in [-0.25, -0.2) is 15.2 Å². The number of nitrogens with zero attached hydrogens (tertiary/aromatic N) is 6. The van der Waals surface area contributed by atoms with Crippen molar-refractivity contribution in [3.63, 3.8) is 0 Å². The lowest BCUT2D eigenvalue weighted by Crippen LogP contribution is -2.18. The standard InChI is InChI=1S/C21H17N9O3/c31-19(27-21-23-13-25-29-21)16(10-15-8-4-5-9-18(15)30(32)33)11-17(14-6-2-1-3-7-14)26-20-22-12-24-28-20/h1-10,12-13H,11H2,(H,22,24,28)(H2,23,25,27,29,31)/b16-10-,26-17+. The highest BCUT2D eigenvalue weighted by Crippen LogP contribution is 2.24. The Bertz CT molecular complexity index is 1300. The molecule has 0 aliphatic heterocycles. The van der Waals surface area contributed by atoms with Crippen molar-refractivity contribution in [3.8, 4) is 0 Å². The molecular formula is C21H17N9O3. The third-order valence-corrected chi connectivity index (χ3v) is 4.51.